The number of benzene rings is 2. The molecule has 1 atom stereocenters. The van der Waals surface area contributed by atoms with Crippen molar-refractivity contribution in [2.45, 2.75) is 12.5 Å². The van der Waals surface area contributed by atoms with Gasteiger partial charge in [-0.1, -0.05) is 18.2 Å². The zero-order chi connectivity index (χ0) is 20.4. The van der Waals surface area contributed by atoms with Gasteiger partial charge in [0.15, 0.2) is 0 Å². The van der Waals surface area contributed by atoms with Gasteiger partial charge in [-0.2, -0.15) is 5.10 Å². The minimum Gasteiger partial charge on any atom is -0.368 e. The topological polar surface area (TPSA) is 106 Å². The number of anilines is 2. The molecule has 4 rings (SSSR count). The van der Waals surface area contributed by atoms with Crippen molar-refractivity contribution in [2.24, 2.45) is 10.8 Å². The molecular formula is C20H17FN6O2. The van der Waals surface area contributed by atoms with Crippen molar-refractivity contribution < 1.29 is 14.0 Å². The summed E-state index contributed by atoms with van der Waals surface area (Å²) in [7, 11) is 0. The number of rotatable bonds is 5. The molecule has 0 bridgehead atoms. The molecule has 3 N–H and O–H groups in total. The average Bonchev–Trinajstić information content (AvgIpc) is 3.39. The number of para-hydroxylation sites is 1. The minimum atomic E-state index is -0.765. The Hall–Kier alpha value is -4.01. The van der Waals surface area contributed by atoms with Crippen molar-refractivity contribution in [1.29, 1.82) is 0 Å². The normalized spacial score (nSPS) is 15.8. The molecule has 0 radical (unpaired) electrons. The molecule has 1 aromatic heterocycles. The lowest BCUT2D eigenvalue weighted by Crippen LogP contribution is -2.39. The van der Waals surface area contributed by atoms with Gasteiger partial charge >= 0.3 is 0 Å². The lowest BCUT2D eigenvalue weighted by atomic mass is 10.1. The molecule has 0 saturated carbocycles. The highest BCUT2D eigenvalue weighted by Crippen LogP contribution is 2.25. The first-order valence-corrected chi connectivity index (χ1v) is 8.83. The molecule has 0 spiro atoms. The van der Waals surface area contributed by atoms with Gasteiger partial charge in [-0.15, -0.1) is 0 Å². The molecule has 1 unspecified atom stereocenters. The van der Waals surface area contributed by atoms with Crippen LogP contribution in [-0.4, -0.2) is 33.1 Å². The van der Waals surface area contributed by atoms with Gasteiger partial charge in [0.25, 0.3) is 5.91 Å². The lowest BCUT2D eigenvalue weighted by Gasteiger charge is -2.20. The van der Waals surface area contributed by atoms with Crippen LogP contribution in [0, 0.1) is 5.82 Å². The zero-order valence-corrected chi connectivity index (χ0v) is 15.2. The molecule has 2 amide bonds. The SMILES string of the molecule is NC(=O)C1CC(C(=O)Nc2ccc(-n3ccnc3)c(F)c2)=NN1c1ccccc1. The number of carbonyl (C=O) groups is 2. The predicted octanol–water partition coefficient (Wildman–Crippen LogP) is 2.07. The minimum absolute atomic E-state index is 0.0612. The second-order valence-corrected chi connectivity index (χ2v) is 6.44. The maximum absolute atomic E-state index is 14.4. The quantitative estimate of drug-likeness (QED) is 0.693. The summed E-state index contributed by atoms with van der Waals surface area (Å²) in [5.41, 5.74) is 6.84. The van der Waals surface area contributed by atoms with Crippen LogP contribution in [0.25, 0.3) is 5.69 Å². The molecule has 2 heterocycles. The summed E-state index contributed by atoms with van der Waals surface area (Å²) in [4.78, 5) is 28.3. The van der Waals surface area contributed by atoms with Crippen LogP contribution in [-0.2, 0) is 9.59 Å². The standard InChI is InChI=1S/C20H17FN6O2/c21-15-10-13(6-7-17(15)26-9-8-23-12-26)24-20(29)16-11-18(19(22)28)27(25-16)14-4-2-1-3-5-14/h1-10,12,18H,11H2,(H2,22,28)(H,24,29). The van der Waals surface area contributed by atoms with Crippen molar-refractivity contribution in [3.05, 3.63) is 73.1 Å². The summed E-state index contributed by atoms with van der Waals surface area (Å²) in [5.74, 6) is -1.63. The number of nitrogens with two attached hydrogens (primary N) is 1. The Balaban J connectivity index is 1.54. The van der Waals surface area contributed by atoms with Gasteiger partial charge in [0.05, 0.1) is 17.7 Å². The number of nitrogens with zero attached hydrogens (tertiary/aromatic N) is 4. The van der Waals surface area contributed by atoms with E-state index in [1.807, 2.05) is 6.07 Å². The number of hydrogen-bond acceptors (Lipinski definition) is 5. The van der Waals surface area contributed by atoms with E-state index in [0.717, 1.165) is 0 Å². The van der Waals surface area contributed by atoms with E-state index in [4.69, 9.17) is 5.73 Å². The third-order valence-corrected chi connectivity index (χ3v) is 4.51. The largest absolute Gasteiger partial charge is 0.368 e. The molecule has 146 valence electrons. The van der Waals surface area contributed by atoms with E-state index in [2.05, 4.69) is 15.4 Å². The number of imidazole rings is 1. The van der Waals surface area contributed by atoms with Gasteiger partial charge in [0.1, 0.15) is 17.6 Å². The summed E-state index contributed by atoms with van der Waals surface area (Å²) in [6.45, 7) is 0. The fraction of sp³-hybridized carbons (Fsp3) is 0.100. The molecule has 3 aromatic rings. The van der Waals surface area contributed by atoms with Crippen molar-refractivity contribution in [3.8, 4) is 5.69 Å². The van der Waals surface area contributed by atoms with E-state index in [9.17, 15) is 14.0 Å². The number of hydrogen-bond donors (Lipinski definition) is 2. The number of halogens is 1. The van der Waals surface area contributed by atoms with Crippen LogP contribution in [0.2, 0.25) is 0 Å². The maximum Gasteiger partial charge on any atom is 0.271 e. The van der Waals surface area contributed by atoms with Crippen molar-refractivity contribution in [2.75, 3.05) is 10.3 Å². The molecule has 29 heavy (non-hydrogen) atoms. The average molecular weight is 392 g/mol. The van der Waals surface area contributed by atoms with Gasteiger partial charge in [-0.25, -0.2) is 9.37 Å². The molecule has 8 nitrogen and oxygen atoms in total. The van der Waals surface area contributed by atoms with Crippen LogP contribution in [0.3, 0.4) is 0 Å². The third-order valence-electron chi connectivity index (χ3n) is 4.51. The number of carbonyl (C=O) groups excluding carboxylic acids is 2. The zero-order valence-electron chi connectivity index (χ0n) is 15.2. The number of amides is 2. The van der Waals surface area contributed by atoms with Gasteiger partial charge < -0.3 is 15.6 Å². The Morgan fingerprint density at radius 3 is 2.62 bits per heavy atom. The summed E-state index contributed by atoms with van der Waals surface area (Å²) >= 11 is 0. The highest BCUT2D eigenvalue weighted by atomic mass is 19.1. The fourth-order valence-electron chi connectivity index (χ4n) is 3.09. The van der Waals surface area contributed by atoms with E-state index in [1.165, 1.54) is 28.0 Å². The second kappa shape index (κ2) is 7.55. The highest BCUT2D eigenvalue weighted by Gasteiger charge is 2.35. The Morgan fingerprint density at radius 2 is 1.97 bits per heavy atom. The molecule has 9 heteroatoms. The van der Waals surface area contributed by atoms with E-state index >= 15 is 0 Å². The van der Waals surface area contributed by atoms with Crippen molar-refractivity contribution in [1.82, 2.24) is 9.55 Å². The maximum atomic E-state index is 14.4. The van der Waals surface area contributed by atoms with Crippen LogP contribution in [0.1, 0.15) is 6.42 Å². The molecule has 1 aliphatic heterocycles. The lowest BCUT2D eigenvalue weighted by molar-refractivity contribution is -0.119. The monoisotopic (exact) mass is 392 g/mol. The fourth-order valence-corrected chi connectivity index (χ4v) is 3.09. The first-order valence-electron chi connectivity index (χ1n) is 8.83. The van der Waals surface area contributed by atoms with Gasteiger partial charge in [0.2, 0.25) is 5.91 Å². The molecular weight excluding hydrogens is 375 g/mol. The van der Waals surface area contributed by atoms with Gasteiger partial charge in [-0.05, 0) is 30.3 Å². The van der Waals surface area contributed by atoms with Gasteiger partial charge in [-0.3, -0.25) is 14.6 Å². The van der Waals surface area contributed by atoms with E-state index < -0.39 is 23.7 Å². The van der Waals surface area contributed by atoms with E-state index in [-0.39, 0.29) is 17.8 Å². The van der Waals surface area contributed by atoms with Crippen LogP contribution in [0.5, 0.6) is 0 Å². The van der Waals surface area contributed by atoms with Crippen molar-refractivity contribution >= 4 is 28.9 Å². The predicted molar refractivity (Wildman–Crippen MR) is 106 cm³/mol. The van der Waals surface area contributed by atoms with Gasteiger partial charge in [0, 0.05) is 24.5 Å². The number of hydrazone groups is 1. The van der Waals surface area contributed by atoms with E-state index in [0.29, 0.717) is 11.4 Å². The van der Waals surface area contributed by atoms with Crippen molar-refractivity contribution in [3.63, 3.8) is 0 Å². The van der Waals surface area contributed by atoms with Crippen LogP contribution >= 0.6 is 0 Å². The molecule has 1 aliphatic rings. The van der Waals surface area contributed by atoms with E-state index in [1.54, 1.807) is 42.7 Å². The number of primary amides is 1. The second-order valence-electron chi connectivity index (χ2n) is 6.44. The van der Waals surface area contributed by atoms with Crippen LogP contribution in [0.4, 0.5) is 15.8 Å². The summed E-state index contributed by atoms with van der Waals surface area (Å²) in [6.07, 6.45) is 4.70. The molecule has 0 fully saturated rings. The number of aromatic nitrogens is 2. The highest BCUT2D eigenvalue weighted by molar-refractivity contribution is 6.44. The molecule has 0 aliphatic carbocycles. The number of nitrogens with one attached hydrogen (secondary N) is 1. The van der Waals surface area contributed by atoms with Crippen LogP contribution in [0.15, 0.2) is 72.4 Å². The summed E-state index contributed by atoms with van der Waals surface area (Å²) < 4.78 is 15.9. The molecule has 2 aromatic carbocycles. The first-order chi connectivity index (χ1) is 14.0. The third kappa shape index (κ3) is 3.70. The first kappa shape index (κ1) is 18.4. The smallest absolute Gasteiger partial charge is 0.271 e. The Morgan fingerprint density at radius 1 is 1.17 bits per heavy atom. The Labute approximate surface area is 165 Å². The van der Waals surface area contributed by atoms with Crippen LogP contribution < -0.4 is 16.1 Å². The summed E-state index contributed by atoms with van der Waals surface area (Å²) in [5, 5.41) is 8.31. The Bertz CT molecular complexity index is 1080. The summed E-state index contributed by atoms with van der Waals surface area (Å²) in [6, 6.07) is 12.5. The Kier molecular flexibility index (Phi) is 4.78. The molecule has 0 saturated heterocycles.